The van der Waals surface area contributed by atoms with E-state index in [4.69, 9.17) is 22.3 Å². The van der Waals surface area contributed by atoms with E-state index >= 15 is 0 Å². The first-order chi connectivity index (χ1) is 20.4. The van der Waals surface area contributed by atoms with E-state index in [0.717, 1.165) is 22.4 Å². The van der Waals surface area contributed by atoms with E-state index in [0.29, 0.717) is 47.2 Å². The van der Waals surface area contributed by atoms with Gasteiger partial charge in [0.15, 0.2) is 0 Å². The summed E-state index contributed by atoms with van der Waals surface area (Å²) < 4.78 is 0. The van der Waals surface area contributed by atoms with Crippen molar-refractivity contribution in [1.29, 1.82) is 5.26 Å². The fourth-order valence-electron chi connectivity index (χ4n) is 5.07. The van der Waals surface area contributed by atoms with E-state index in [1.165, 1.54) is 0 Å². The maximum Gasteiger partial charge on any atom is 0.224 e. The minimum absolute atomic E-state index is 0.00927. The summed E-state index contributed by atoms with van der Waals surface area (Å²) in [6.45, 7) is 0.936. The second-order valence-electron chi connectivity index (χ2n) is 10.3. The number of halogens is 1. The Balaban J connectivity index is 1.29. The highest BCUT2D eigenvalue weighted by atomic mass is 35.5. The third-order valence-electron chi connectivity index (χ3n) is 7.27. The van der Waals surface area contributed by atoms with Crippen molar-refractivity contribution >= 4 is 46.2 Å². The van der Waals surface area contributed by atoms with E-state index in [1.54, 1.807) is 29.2 Å². The largest absolute Gasteiger partial charge is 0.397 e. The van der Waals surface area contributed by atoms with Gasteiger partial charge < -0.3 is 16.0 Å². The van der Waals surface area contributed by atoms with E-state index < -0.39 is 0 Å². The molecule has 3 N–H and O–H groups in total. The highest BCUT2D eigenvalue weighted by molar-refractivity contribution is 6.31. The van der Waals surface area contributed by atoms with Crippen LogP contribution in [0.15, 0.2) is 102 Å². The fourth-order valence-corrected chi connectivity index (χ4v) is 5.25. The first kappa shape index (κ1) is 28.6. The number of aliphatic imine (C=N–C) groups is 1. The molecule has 1 saturated heterocycles. The van der Waals surface area contributed by atoms with Crippen molar-refractivity contribution in [3.8, 4) is 6.07 Å². The SMILES string of the molecule is N#Cc1ccc(CN2CCC(CC(=O)Nc3cc(Cl)ccc3N)CC2=O)cc1N=C(c1ccccc1)c1ccccc1. The molecule has 0 bridgehead atoms. The second-order valence-corrected chi connectivity index (χ2v) is 10.8. The Hall–Kier alpha value is -4.93. The molecule has 4 aromatic rings. The Bertz CT molecular complexity index is 1620. The summed E-state index contributed by atoms with van der Waals surface area (Å²) in [5.74, 6) is -0.267. The van der Waals surface area contributed by atoms with E-state index in [1.807, 2.05) is 72.8 Å². The maximum atomic E-state index is 13.1. The number of nitriles is 1. The Labute approximate surface area is 250 Å². The van der Waals surface area contributed by atoms with Gasteiger partial charge in [-0.15, -0.1) is 0 Å². The quantitative estimate of drug-likeness (QED) is 0.179. The molecule has 0 aromatic heterocycles. The lowest BCUT2D eigenvalue weighted by molar-refractivity contribution is -0.136. The van der Waals surface area contributed by atoms with Gasteiger partial charge in [-0.25, -0.2) is 4.99 Å². The minimum Gasteiger partial charge on any atom is -0.397 e. The normalized spacial score (nSPS) is 14.6. The molecule has 42 heavy (non-hydrogen) atoms. The maximum absolute atomic E-state index is 13.1. The highest BCUT2D eigenvalue weighted by Gasteiger charge is 2.28. The number of benzene rings is 4. The standard InChI is InChI=1S/C34H30ClN5O2/c35-28-13-14-29(37)31(20-28)38-32(41)18-23-15-16-40(33(42)19-23)22-24-11-12-27(21-36)30(17-24)39-34(25-7-3-1-4-8-25)26-9-5-2-6-10-26/h1-14,17,20,23H,15-16,18-19,22,37H2,(H,38,41). The molecule has 0 radical (unpaired) electrons. The van der Waals surface area contributed by atoms with Crippen molar-refractivity contribution < 1.29 is 9.59 Å². The molecule has 210 valence electrons. The van der Waals surface area contributed by atoms with Gasteiger partial charge in [0.2, 0.25) is 11.8 Å². The number of nitrogen functional groups attached to an aromatic ring is 1. The van der Waals surface area contributed by atoms with Crippen LogP contribution in [-0.2, 0) is 16.1 Å². The third-order valence-corrected chi connectivity index (χ3v) is 7.50. The van der Waals surface area contributed by atoms with Crippen molar-refractivity contribution in [3.05, 3.63) is 124 Å². The first-order valence-electron chi connectivity index (χ1n) is 13.7. The summed E-state index contributed by atoms with van der Waals surface area (Å²) in [6, 6.07) is 32.4. The smallest absolute Gasteiger partial charge is 0.224 e. The van der Waals surface area contributed by atoms with Crippen molar-refractivity contribution in [2.75, 3.05) is 17.6 Å². The van der Waals surface area contributed by atoms with Crippen LogP contribution in [-0.4, -0.2) is 29.0 Å². The number of piperidine rings is 1. The first-order valence-corrected chi connectivity index (χ1v) is 14.1. The van der Waals surface area contributed by atoms with Gasteiger partial charge in [-0.1, -0.05) is 78.3 Å². The zero-order chi connectivity index (χ0) is 29.5. The van der Waals surface area contributed by atoms with Crippen molar-refractivity contribution in [2.24, 2.45) is 10.9 Å². The summed E-state index contributed by atoms with van der Waals surface area (Å²) >= 11 is 6.02. The number of hydrogen-bond donors (Lipinski definition) is 2. The molecule has 0 saturated carbocycles. The van der Waals surface area contributed by atoms with Crippen LogP contribution in [0.1, 0.15) is 41.5 Å². The van der Waals surface area contributed by atoms with Gasteiger partial charge in [0.25, 0.3) is 0 Å². The predicted octanol–water partition coefficient (Wildman–Crippen LogP) is 6.73. The van der Waals surface area contributed by atoms with Gasteiger partial charge in [-0.05, 0) is 48.2 Å². The van der Waals surface area contributed by atoms with Crippen LogP contribution in [0, 0.1) is 17.2 Å². The van der Waals surface area contributed by atoms with E-state index in [-0.39, 0.29) is 30.6 Å². The number of rotatable bonds is 8. The van der Waals surface area contributed by atoms with E-state index in [9.17, 15) is 14.9 Å². The van der Waals surface area contributed by atoms with Crippen LogP contribution >= 0.6 is 11.6 Å². The molecule has 1 aliphatic rings. The van der Waals surface area contributed by atoms with Gasteiger partial charge in [0.05, 0.1) is 28.3 Å². The molecular formula is C34H30ClN5O2. The molecule has 4 aromatic carbocycles. The monoisotopic (exact) mass is 575 g/mol. The average molecular weight is 576 g/mol. The number of nitrogens with zero attached hydrogens (tertiary/aromatic N) is 3. The van der Waals surface area contributed by atoms with Crippen molar-refractivity contribution in [3.63, 3.8) is 0 Å². The molecule has 1 atom stereocenters. The molecule has 2 amide bonds. The predicted molar refractivity (Wildman–Crippen MR) is 167 cm³/mol. The minimum atomic E-state index is -0.197. The number of carbonyl (C=O) groups excluding carboxylic acids is 2. The lowest BCUT2D eigenvalue weighted by Gasteiger charge is -2.31. The lowest BCUT2D eigenvalue weighted by atomic mass is 9.92. The molecule has 0 spiro atoms. The van der Waals surface area contributed by atoms with Crippen molar-refractivity contribution in [1.82, 2.24) is 4.90 Å². The number of carbonyl (C=O) groups is 2. The van der Waals surface area contributed by atoms with Gasteiger partial charge in [0, 0.05) is 42.1 Å². The summed E-state index contributed by atoms with van der Waals surface area (Å²) in [5.41, 5.74) is 11.4. The number of hydrogen-bond acceptors (Lipinski definition) is 5. The number of likely N-dealkylation sites (tertiary alicyclic amines) is 1. The molecule has 1 fully saturated rings. The van der Waals surface area contributed by atoms with Gasteiger partial charge in [-0.3, -0.25) is 9.59 Å². The Kier molecular flexibility index (Phi) is 8.96. The molecule has 8 heteroatoms. The van der Waals surface area contributed by atoms with Crippen molar-refractivity contribution in [2.45, 2.75) is 25.8 Å². The number of nitrogens with one attached hydrogen (secondary N) is 1. The number of anilines is 2. The average Bonchev–Trinajstić information content (AvgIpc) is 3.00. The summed E-state index contributed by atoms with van der Waals surface area (Å²) in [5, 5.41) is 13.1. The number of amides is 2. The molecule has 7 nitrogen and oxygen atoms in total. The molecular weight excluding hydrogens is 546 g/mol. The fraction of sp³-hybridized carbons (Fsp3) is 0.176. The molecule has 1 aliphatic heterocycles. The topological polar surface area (TPSA) is 112 Å². The van der Waals surface area contributed by atoms with Crippen LogP contribution in [0.3, 0.4) is 0 Å². The van der Waals surface area contributed by atoms with Crippen LogP contribution in [0.25, 0.3) is 0 Å². The van der Waals surface area contributed by atoms with E-state index in [2.05, 4.69) is 11.4 Å². The Morgan fingerprint density at radius 3 is 2.33 bits per heavy atom. The Morgan fingerprint density at radius 1 is 1.00 bits per heavy atom. The molecule has 1 unspecified atom stereocenters. The van der Waals surface area contributed by atoms with Gasteiger partial charge in [0.1, 0.15) is 6.07 Å². The van der Waals surface area contributed by atoms with Crippen LogP contribution < -0.4 is 11.1 Å². The number of nitrogens with two attached hydrogens (primary N) is 1. The van der Waals surface area contributed by atoms with Crippen LogP contribution in [0.5, 0.6) is 0 Å². The summed E-state index contributed by atoms with van der Waals surface area (Å²) in [6.07, 6.45) is 1.21. The van der Waals surface area contributed by atoms with Crippen LogP contribution in [0.4, 0.5) is 17.1 Å². The van der Waals surface area contributed by atoms with Crippen LogP contribution in [0.2, 0.25) is 5.02 Å². The summed E-state index contributed by atoms with van der Waals surface area (Å²) in [7, 11) is 0. The van der Waals surface area contributed by atoms with Gasteiger partial charge in [-0.2, -0.15) is 5.26 Å². The Morgan fingerprint density at radius 2 is 1.69 bits per heavy atom. The summed E-state index contributed by atoms with van der Waals surface area (Å²) in [4.78, 5) is 32.5. The highest BCUT2D eigenvalue weighted by Crippen LogP contribution is 2.28. The third kappa shape index (κ3) is 7.03. The zero-order valence-electron chi connectivity index (χ0n) is 23.0. The molecule has 0 aliphatic carbocycles. The van der Waals surface area contributed by atoms with Gasteiger partial charge >= 0.3 is 0 Å². The second kappa shape index (κ2) is 13.2. The lowest BCUT2D eigenvalue weighted by Crippen LogP contribution is -2.39. The molecule has 1 heterocycles. The zero-order valence-corrected chi connectivity index (χ0v) is 23.7. The molecule has 5 rings (SSSR count).